The first-order chi connectivity index (χ1) is 5.45. The molecule has 0 bridgehead atoms. The van der Waals surface area contributed by atoms with Crippen molar-refractivity contribution >= 4 is 35.1 Å². The molecule has 72 valence electrons. The highest BCUT2D eigenvalue weighted by Crippen LogP contribution is 1.85. The van der Waals surface area contributed by atoms with E-state index in [0.717, 1.165) is 0 Å². The molecule has 0 saturated carbocycles. The summed E-state index contributed by atoms with van der Waals surface area (Å²) in [5.74, 6) is -2.75. The first kappa shape index (κ1) is 14.0. The zero-order valence-corrected chi connectivity index (χ0v) is 7.55. The number of nitrogens with two attached hydrogens (primary N) is 1. The minimum atomic E-state index is -1.82. The first-order valence-electron chi connectivity index (χ1n) is 2.79. The molecule has 0 fully saturated rings. The van der Waals surface area contributed by atoms with E-state index in [1.807, 2.05) is 0 Å². The SMILES string of the molecule is NC(CCl)CCl.O=C(O)C(=O)O. The zero-order valence-electron chi connectivity index (χ0n) is 6.04. The van der Waals surface area contributed by atoms with Crippen molar-refractivity contribution in [3.05, 3.63) is 0 Å². The lowest BCUT2D eigenvalue weighted by Gasteiger charge is -1.96. The fourth-order valence-corrected chi connectivity index (χ4v) is 0.371. The summed E-state index contributed by atoms with van der Waals surface area (Å²) in [6.07, 6.45) is 0. The molecule has 0 spiro atoms. The second-order valence-electron chi connectivity index (χ2n) is 1.68. The van der Waals surface area contributed by atoms with E-state index in [-0.39, 0.29) is 6.04 Å². The monoisotopic (exact) mass is 217 g/mol. The van der Waals surface area contributed by atoms with Gasteiger partial charge < -0.3 is 15.9 Å². The predicted molar refractivity (Wildman–Crippen MR) is 44.7 cm³/mol. The fourth-order valence-electron chi connectivity index (χ4n) is 0.0412. The number of halogens is 2. The molecule has 0 aliphatic carbocycles. The molecule has 0 aromatic rings. The van der Waals surface area contributed by atoms with Crippen LogP contribution in [0.5, 0.6) is 0 Å². The van der Waals surface area contributed by atoms with Crippen LogP contribution in [-0.4, -0.2) is 40.0 Å². The number of hydrogen-bond acceptors (Lipinski definition) is 3. The van der Waals surface area contributed by atoms with Crippen LogP contribution in [0, 0.1) is 0 Å². The molecule has 0 radical (unpaired) electrons. The standard InChI is InChI=1S/C3H7Cl2N.C2H2O4/c4-1-3(6)2-5;3-1(4)2(5)6/h3H,1-2,6H2;(H,3,4)(H,5,6). The van der Waals surface area contributed by atoms with Crippen molar-refractivity contribution in [2.75, 3.05) is 11.8 Å². The van der Waals surface area contributed by atoms with Crippen LogP contribution < -0.4 is 5.73 Å². The van der Waals surface area contributed by atoms with E-state index in [0.29, 0.717) is 11.8 Å². The maximum atomic E-state index is 9.10. The van der Waals surface area contributed by atoms with Crippen molar-refractivity contribution in [2.45, 2.75) is 6.04 Å². The molecule has 5 nitrogen and oxygen atoms in total. The molecule has 0 rings (SSSR count). The summed E-state index contributed by atoms with van der Waals surface area (Å²) in [4.78, 5) is 18.2. The fraction of sp³-hybridized carbons (Fsp3) is 0.600. The Kier molecular flexibility index (Phi) is 10.0. The van der Waals surface area contributed by atoms with Crippen LogP contribution in [0.4, 0.5) is 0 Å². The van der Waals surface area contributed by atoms with Crippen molar-refractivity contribution in [1.82, 2.24) is 0 Å². The molecule has 0 aliphatic rings. The van der Waals surface area contributed by atoms with Crippen LogP contribution in [0.1, 0.15) is 0 Å². The Balaban J connectivity index is 0. The average Bonchev–Trinajstić information content (AvgIpc) is 2.04. The molecule has 0 saturated heterocycles. The summed E-state index contributed by atoms with van der Waals surface area (Å²) in [5.41, 5.74) is 5.21. The highest BCUT2D eigenvalue weighted by atomic mass is 35.5. The predicted octanol–water partition coefficient (Wildman–Crippen LogP) is -0.0531. The third kappa shape index (κ3) is 12.2. The van der Waals surface area contributed by atoms with Gasteiger partial charge in [-0.25, -0.2) is 9.59 Å². The first-order valence-corrected chi connectivity index (χ1v) is 3.86. The van der Waals surface area contributed by atoms with Gasteiger partial charge in [-0.15, -0.1) is 23.2 Å². The van der Waals surface area contributed by atoms with Gasteiger partial charge in [-0.05, 0) is 0 Å². The van der Waals surface area contributed by atoms with Crippen LogP contribution in [0.15, 0.2) is 0 Å². The molecule has 0 unspecified atom stereocenters. The molecule has 0 aromatic carbocycles. The van der Waals surface area contributed by atoms with E-state index in [1.54, 1.807) is 0 Å². The quantitative estimate of drug-likeness (QED) is 0.445. The maximum absolute atomic E-state index is 9.10. The van der Waals surface area contributed by atoms with Gasteiger partial charge in [-0.3, -0.25) is 0 Å². The van der Waals surface area contributed by atoms with Gasteiger partial charge >= 0.3 is 11.9 Å². The van der Waals surface area contributed by atoms with Gasteiger partial charge in [0.2, 0.25) is 0 Å². The van der Waals surface area contributed by atoms with E-state index >= 15 is 0 Å². The second kappa shape index (κ2) is 8.58. The number of alkyl halides is 2. The Morgan fingerprint density at radius 2 is 1.42 bits per heavy atom. The van der Waals surface area contributed by atoms with Crippen LogP contribution in [0.2, 0.25) is 0 Å². The van der Waals surface area contributed by atoms with Crippen LogP contribution in [-0.2, 0) is 9.59 Å². The van der Waals surface area contributed by atoms with Crippen LogP contribution in [0.25, 0.3) is 0 Å². The van der Waals surface area contributed by atoms with Crippen molar-refractivity contribution in [3.8, 4) is 0 Å². The van der Waals surface area contributed by atoms with Crippen molar-refractivity contribution < 1.29 is 19.8 Å². The van der Waals surface area contributed by atoms with Crippen molar-refractivity contribution in [2.24, 2.45) is 5.73 Å². The van der Waals surface area contributed by atoms with Gasteiger partial charge in [0.05, 0.1) is 0 Å². The second-order valence-corrected chi connectivity index (χ2v) is 2.30. The van der Waals surface area contributed by atoms with E-state index in [1.165, 1.54) is 0 Å². The third-order valence-corrected chi connectivity index (χ3v) is 1.37. The lowest BCUT2D eigenvalue weighted by atomic mass is 10.4. The number of carboxylic acid groups (broad SMARTS) is 2. The Bertz CT molecular complexity index is 136. The lowest BCUT2D eigenvalue weighted by molar-refractivity contribution is -0.159. The smallest absolute Gasteiger partial charge is 0.414 e. The molecule has 0 atom stereocenters. The molecule has 0 amide bonds. The Morgan fingerprint density at radius 3 is 1.42 bits per heavy atom. The van der Waals surface area contributed by atoms with Gasteiger partial charge in [0.25, 0.3) is 0 Å². The average molecular weight is 218 g/mol. The normalized spacial score (nSPS) is 8.67. The summed E-state index contributed by atoms with van der Waals surface area (Å²) in [7, 11) is 0. The number of hydrogen-bond donors (Lipinski definition) is 3. The molecule has 0 aromatic heterocycles. The molecule has 12 heavy (non-hydrogen) atoms. The van der Waals surface area contributed by atoms with Gasteiger partial charge in [-0.1, -0.05) is 0 Å². The summed E-state index contributed by atoms with van der Waals surface area (Å²) < 4.78 is 0. The summed E-state index contributed by atoms with van der Waals surface area (Å²) in [6.45, 7) is 0. The third-order valence-electron chi connectivity index (χ3n) is 0.579. The van der Waals surface area contributed by atoms with E-state index < -0.39 is 11.9 Å². The molecule has 0 aliphatic heterocycles. The van der Waals surface area contributed by atoms with E-state index in [4.69, 9.17) is 48.7 Å². The molecule has 0 heterocycles. The van der Waals surface area contributed by atoms with Gasteiger partial charge in [0.15, 0.2) is 0 Å². The number of carboxylic acids is 2. The Morgan fingerprint density at radius 1 is 1.17 bits per heavy atom. The number of aliphatic carboxylic acids is 2. The van der Waals surface area contributed by atoms with Gasteiger partial charge in [0, 0.05) is 17.8 Å². The molecule has 4 N–H and O–H groups in total. The minimum Gasteiger partial charge on any atom is -0.473 e. The Labute approximate surface area is 79.1 Å². The topological polar surface area (TPSA) is 101 Å². The summed E-state index contributed by atoms with van der Waals surface area (Å²) >= 11 is 10.5. The minimum absolute atomic E-state index is 0.0340. The number of rotatable bonds is 2. The van der Waals surface area contributed by atoms with Crippen LogP contribution in [0.3, 0.4) is 0 Å². The molecule has 7 heteroatoms. The zero-order chi connectivity index (χ0) is 10.1. The van der Waals surface area contributed by atoms with Gasteiger partial charge in [-0.2, -0.15) is 0 Å². The maximum Gasteiger partial charge on any atom is 0.414 e. The lowest BCUT2D eigenvalue weighted by Crippen LogP contribution is -2.22. The van der Waals surface area contributed by atoms with Gasteiger partial charge in [0.1, 0.15) is 0 Å². The largest absolute Gasteiger partial charge is 0.473 e. The Hall–Kier alpha value is -0.520. The highest BCUT2D eigenvalue weighted by molar-refractivity contribution is 6.27. The summed E-state index contributed by atoms with van der Waals surface area (Å²) in [6, 6.07) is -0.0340. The van der Waals surface area contributed by atoms with Crippen LogP contribution >= 0.6 is 23.2 Å². The summed E-state index contributed by atoms with van der Waals surface area (Å²) in [5, 5.41) is 14.8. The molecular weight excluding hydrogens is 209 g/mol. The number of carbonyl (C=O) groups is 2. The van der Waals surface area contributed by atoms with Crippen molar-refractivity contribution in [3.63, 3.8) is 0 Å². The molecular formula is C5H9Cl2NO4. The van der Waals surface area contributed by atoms with E-state index in [9.17, 15) is 0 Å². The van der Waals surface area contributed by atoms with E-state index in [2.05, 4.69) is 0 Å². The highest BCUT2D eigenvalue weighted by Gasteiger charge is 2.04. The van der Waals surface area contributed by atoms with Crippen molar-refractivity contribution in [1.29, 1.82) is 0 Å².